The summed E-state index contributed by atoms with van der Waals surface area (Å²) < 4.78 is 1.07. The first-order chi connectivity index (χ1) is 7.54. The summed E-state index contributed by atoms with van der Waals surface area (Å²) in [7, 11) is 0. The van der Waals surface area contributed by atoms with Crippen LogP contribution in [0.25, 0.3) is 0 Å². The number of hydrazine groups is 1. The molecule has 4 heteroatoms. The Kier molecular flexibility index (Phi) is 6.03. The van der Waals surface area contributed by atoms with Crippen molar-refractivity contribution >= 4 is 34.2 Å². The quantitative estimate of drug-likeness (QED) is 0.479. The van der Waals surface area contributed by atoms with E-state index in [2.05, 4.69) is 47.9 Å². The van der Waals surface area contributed by atoms with Gasteiger partial charge in [-0.2, -0.15) is 0 Å². The molecule has 2 nitrogen and oxygen atoms in total. The molecule has 0 saturated carbocycles. The highest BCUT2D eigenvalue weighted by atomic mass is 127. The van der Waals surface area contributed by atoms with Crippen molar-refractivity contribution in [2.24, 2.45) is 11.8 Å². The highest BCUT2D eigenvalue weighted by Crippen LogP contribution is 2.26. The van der Waals surface area contributed by atoms with Crippen LogP contribution in [0.5, 0.6) is 0 Å². The highest BCUT2D eigenvalue weighted by Gasteiger charge is 2.11. The Hall–Kier alpha value is 0.160. The van der Waals surface area contributed by atoms with Crippen molar-refractivity contribution in [1.82, 2.24) is 5.43 Å². The van der Waals surface area contributed by atoms with Crippen molar-refractivity contribution in [1.29, 1.82) is 0 Å². The van der Waals surface area contributed by atoms with E-state index in [1.54, 1.807) is 0 Å². The Bertz CT molecular complexity index is 342. The average molecular weight is 353 g/mol. The molecule has 1 aromatic carbocycles. The average Bonchev–Trinajstić information content (AvgIpc) is 2.23. The molecular weight excluding hydrogens is 335 g/mol. The zero-order valence-electron chi connectivity index (χ0n) is 9.63. The molecule has 1 atom stereocenters. The second-order valence-electron chi connectivity index (χ2n) is 4.36. The van der Waals surface area contributed by atoms with Gasteiger partial charge in [0.2, 0.25) is 0 Å². The number of nitrogens with two attached hydrogens (primary N) is 1. The van der Waals surface area contributed by atoms with Crippen molar-refractivity contribution in [3.05, 3.63) is 32.4 Å². The summed E-state index contributed by atoms with van der Waals surface area (Å²) in [5, 5.41) is 0.794. The van der Waals surface area contributed by atoms with Crippen molar-refractivity contribution in [3.8, 4) is 0 Å². The molecule has 16 heavy (non-hydrogen) atoms. The Labute approximate surface area is 116 Å². The molecule has 0 bridgehead atoms. The molecule has 0 saturated heterocycles. The van der Waals surface area contributed by atoms with Gasteiger partial charge < -0.3 is 0 Å². The largest absolute Gasteiger partial charge is 0.271 e. The number of hydrogen-bond acceptors (Lipinski definition) is 2. The topological polar surface area (TPSA) is 38.0 Å². The fraction of sp³-hybridized carbons (Fsp3) is 0.500. The maximum Gasteiger partial charge on any atom is 0.0542 e. The van der Waals surface area contributed by atoms with E-state index in [0.717, 1.165) is 27.0 Å². The molecule has 0 radical (unpaired) electrons. The fourth-order valence-corrected chi connectivity index (χ4v) is 2.10. The van der Waals surface area contributed by atoms with Crippen LogP contribution in [0.2, 0.25) is 5.02 Å². The molecule has 0 fully saturated rings. The third kappa shape index (κ3) is 4.20. The number of rotatable bonds is 5. The Balaban J connectivity index is 2.74. The van der Waals surface area contributed by atoms with Gasteiger partial charge in [-0.15, -0.1) is 0 Å². The molecule has 1 rings (SSSR count). The van der Waals surface area contributed by atoms with Crippen molar-refractivity contribution in [2.75, 3.05) is 0 Å². The summed E-state index contributed by atoms with van der Waals surface area (Å²) >= 11 is 8.33. The van der Waals surface area contributed by atoms with E-state index >= 15 is 0 Å². The maximum absolute atomic E-state index is 6.10. The van der Waals surface area contributed by atoms with Gasteiger partial charge in [-0.05, 0) is 59.0 Å². The molecule has 90 valence electrons. The first-order valence-electron chi connectivity index (χ1n) is 5.45. The number of benzene rings is 1. The summed E-state index contributed by atoms with van der Waals surface area (Å²) in [6, 6.07) is 6.29. The summed E-state index contributed by atoms with van der Waals surface area (Å²) in [5.74, 6) is 6.27. The summed E-state index contributed by atoms with van der Waals surface area (Å²) in [4.78, 5) is 0. The van der Waals surface area contributed by atoms with Gasteiger partial charge in [0.25, 0.3) is 0 Å². The number of hydrogen-bond donors (Lipinski definition) is 2. The monoisotopic (exact) mass is 352 g/mol. The predicted molar refractivity (Wildman–Crippen MR) is 78.3 cm³/mol. The normalized spacial score (nSPS) is 13.1. The van der Waals surface area contributed by atoms with Crippen LogP contribution < -0.4 is 11.3 Å². The highest BCUT2D eigenvalue weighted by molar-refractivity contribution is 14.1. The minimum atomic E-state index is 0.192. The van der Waals surface area contributed by atoms with Crippen LogP contribution in [0.3, 0.4) is 0 Å². The first kappa shape index (κ1) is 14.2. The van der Waals surface area contributed by atoms with E-state index in [4.69, 9.17) is 17.4 Å². The SMILES string of the molecule is CC(C)CCC(NN)c1ccc(I)c(Cl)c1. The van der Waals surface area contributed by atoms with Gasteiger partial charge in [-0.1, -0.05) is 31.5 Å². The fourth-order valence-electron chi connectivity index (χ4n) is 1.58. The van der Waals surface area contributed by atoms with Gasteiger partial charge in [-0.25, -0.2) is 0 Å². The van der Waals surface area contributed by atoms with Gasteiger partial charge >= 0.3 is 0 Å². The number of nitrogens with one attached hydrogen (secondary N) is 1. The molecule has 1 aromatic rings. The van der Waals surface area contributed by atoms with Crippen LogP contribution in [0.4, 0.5) is 0 Å². The van der Waals surface area contributed by atoms with E-state index in [9.17, 15) is 0 Å². The number of halogens is 2. The summed E-state index contributed by atoms with van der Waals surface area (Å²) in [6.45, 7) is 4.43. The standard InChI is InChI=1S/C12H18ClIN2/c1-8(2)3-6-12(16-15)9-4-5-11(14)10(13)7-9/h4-5,7-8,12,16H,3,6,15H2,1-2H3. The maximum atomic E-state index is 6.10. The Morgan fingerprint density at radius 2 is 2.06 bits per heavy atom. The lowest BCUT2D eigenvalue weighted by atomic mass is 9.98. The van der Waals surface area contributed by atoms with Crippen molar-refractivity contribution in [3.63, 3.8) is 0 Å². The van der Waals surface area contributed by atoms with Crippen LogP contribution in [0.1, 0.15) is 38.3 Å². The molecule has 0 aliphatic rings. The molecule has 0 amide bonds. The van der Waals surface area contributed by atoms with E-state index < -0.39 is 0 Å². The van der Waals surface area contributed by atoms with E-state index in [1.165, 1.54) is 0 Å². The zero-order chi connectivity index (χ0) is 12.1. The van der Waals surface area contributed by atoms with Crippen LogP contribution in [0.15, 0.2) is 18.2 Å². The van der Waals surface area contributed by atoms with Crippen molar-refractivity contribution in [2.45, 2.75) is 32.7 Å². The van der Waals surface area contributed by atoms with Gasteiger partial charge in [-0.3, -0.25) is 11.3 Å². The molecule has 0 aliphatic heterocycles. The molecule has 3 N–H and O–H groups in total. The van der Waals surface area contributed by atoms with Crippen LogP contribution in [-0.2, 0) is 0 Å². The van der Waals surface area contributed by atoms with Gasteiger partial charge in [0, 0.05) is 9.61 Å². The lowest BCUT2D eigenvalue weighted by Crippen LogP contribution is -2.28. The summed E-state index contributed by atoms with van der Waals surface area (Å²) in [5.41, 5.74) is 4.02. The van der Waals surface area contributed by atoms with Gasteiger partial charge in [0.15, 0.2) is 0 Å². The minimum Gasteiger partial charge on any atom is -0.271 e. The second kappa shape index (κ2) is 6.79. The molecule has 1 unspecified atom stereocenters. The molecular formula is C12H18ClIN2. The van der Waals surface area contributed by atoms with Gasteiger partial charge in [0.05, 0.1) is 5.02 Å². The smallest absolute Gasteiger partial charge is 0.0542 e. The minimum absolute atomic E-state index is 0.192. The van der Waals surface area contributed by atoms with Crippen LogP contribution in [0, 0.1) is 9.49 Å². The second-order valence-corrected chi connectivity index (χ2v) is 5.93. The molecule has 0 aliphatic carbocycles. The Morgan fingerprint density at radius 3 is 2.56 bits per heavy atom. The Morgan fingerprint density at radius 1 is 1.38 bits per heavy atom. The lowest BCUT2D eigenvalue weighted by Gasteiger charge is -2.18. The van der Waals surface area contributed by atoms with Gasteiger partial charge in [0.1, 0.15) is 0 Å². The molecule has 0 heterocycles. The molecule has 0 aromatic heterocycles. The van der Waals surface area contributed by atoms with E-state index in [-0.39, 0.29) is 6.04 Å². The van der Waals surface area contributed by atoms with E-state index in [0.29, 0.717) is 5.92 Å². The summed E-state index contributed by atoms with van der Waals surface area (Å²) in [6.07, 6.45) is 2.18. The third-order valence-corrected chi connectivity index (χ3v) is 4.15. The van der Waals surface area contributed by atoms with E-state index in [1.807, 2.05) is 12.1 Å². The third-order valence-electron chi connectivity index (χ3n) is 2.58. The predicted octanol–water partition coefficient (Wildman–Crippen LogP) is 3.89. The lowest BCUT2D eigenvalue weighted by molar-refractivity contribution is 0.448. The zero-order valence-corrected chi connectivity index (χ0v) is 12.5. The first-order valence-corrected chi connectivity index (χ1v) is 6.91. The molecule has 0 spiro atoms. The van der Waals surface area contributed by atoms with Crippen LogP contribution in [-0.4, -0.2) is 0 Å². The van der Waals surface area contributed by atoms with Crippen LogP contribution >= 0.6 is 34.2 Å². The van der Waals surface area contributed by atoms with Crippen molar-refractivity contribution < 1.29 is 0 Å².